The van der Waals surface area contributed by atoms with Gasteiger partial charge in [0, 0.05) is 12.7 Å². The maximum Gasteiger partial charge on any atom is 0.344 e. The number of aliphatic hydroxyl groups excluding tert-OH is 1. The Hall–Kier alpha value is -1.88. The molecule has 1 unspecified atom stereocenters. The molecule has 1 rings (SSSR count). The van der Waals surface area contributed by atoms with Crippen LogP contribution in [0.2, 0.25) is 0 Å². The second-order valence-corrected chi connectivity index (χ2v) is 3.39. The van der Waals surface area contributed by atoms with Gasteiger partial charge in [0.05, 0.1) is 6.61 Å². The molecule has 0 radical (unpaired) electrons. The number of hydrogen-bond acceptors (Lipinski definition) is 4. The van der Waals surface area contributed by atoms with Gasteiger partial charge in [-0.25, -0.2) is 4.79 Å². The maximum atomic E-state index is 11.7. The molecule has 0 aromatic heterocycles. The number of benzene rings is 1. The fraction of sp³-hybridized carbons (Fsp3) is 0.333. The number of likely N-dealkylation sites (N-methyl/N-ethyl adjacent to an activating group) is 1. The third kappa shape index (κ3) is 3.29. The third-order valence-electron chi connectivity index (χ3n) is 2.22. The molecule has 1 atom stereocenters. The molecule has 0 saturated carbocycles. The van der Waals surface area contributed by atoms with Crippen LogP contribution in [-0.2, 0) is 14.3 Å². The summed E-state index contributed by atoms with van der Waals surface area (Å²) < 4.78 is 4.57. The van der Waals surface area contributed by atoms with E-state index in [0.29, 0.717) is 5.69 Å². The Morgan fingerprint density at radius 2 is 1.94 bits per heavy atom. The molecule has 92 valence electrons. The molecule has 0 aliphatic rings. The first-order valence-corrected chi connectivity index (χ1v) is 5.25. The fourth-order valence-corrected chi connectivity index (χ4v) is 1.28. The number of amides is 1. The monoisotopic (exact) mass is 237 g/mol. The summed E-state index contributed by atoms with van der Waals surface area (Å²) in [6.07, 6.45) is -1.78. The van der Waals surface area contributed by atoms with Gasteiger partial charge in [0.25, 0.3) is 5.91 Å². The molecule has 0 aliphatic carbocycles. The van der Waals surface area contributed by atoms with Crippen molar-refractivity contribution in [3.05, 3.63) is 30.3 Å². The van der Waals surface area contributed by atoms with Crippen LogP contribution in [-0.4, -0.2) is 36.7 Å². The Balaban J connectivity index is 2.73. The average molecular weight is 237 g/mol. The molecule has 5 nitrogen and oxygen atoms in total. The second kappa shape index (κ2) is 6.00. The molecule has 0 aliphatic heterocycles. The van der Waals surface area contributed by atoms with Crippen molar-refractivity contribution in [2.45, 2.75) is 13.0 Å². The van der Waals surface area contributed by atoms with Gasteiger partial charge in [0.2, 0.25) is 6.10 Å². The largest absolute Gasteiger partial charge is 0.464 e. The second-order valence-electron chi connectivity index (χ2n) is 3.39. The summed E-state index contributed by atoms with van der Waals surface area (Å²) in [5.74, 6) is -1.64. The number of esters is 1. The van der Waals surface area contributed by atoms with Crippen LogP contribution in [0.25, 0.3) is 0 Å². The SMILES string of the molecule is CCOC(=O)C(O)C(=O)N(C)c1ccccc1. The minimum Gasteiger partial charge on any atom is -0.464 e. The number of hydrogen-bond donors (Lipinski definition) is 1. The minimum atomic E-state index is -1.78. The van der Waals surface area contributed by atoms with Crippen molar-refractivity contribution in [3.8, 4) is 0 Å². The number of ether oxygens (including phenoxy) is 1. The van der Waals surface area contributed by atoms with Crippen LogP contribution in [0, 0.1) is 0 Å². The molecule has 1 aromatic rings. The van der Waals surface area contributed by atoms with E-state index in [1.54, 1.807) is 31.2 Å². The first-order chi connectivity index (χ1) is 8.07. The molecule has 1 N–H and O–H groups in total. The van der Waals surface area contributed by atoms with Crippen LogP contribution >= 0.6 is 0 Å². The fourth-order valence-electron chi connectivity index (χ4n) is 1.28. The molecule has 0 bridgehead atoms. The van der Waals surface area contributed by atoms with Gasteiger partial charge in [0.1, 0.15) is 0 Å². The summed E-state index contributed by atoms with van der Waals surface area (Å²) in [5.41, 5.74) is 0.598. The van der Waals surface area contributed by atoms with E-state index >= 15 is 0 Å². The van der Waals surface area contributed by atoms with Gasteiger partial charge in [-0.1, -0.05) is 18.2 Å². The van der Waals surface area contributed by atoms with Gasteiger partial charge in [-0.05, 0) is 19.1 Å². The Morgan fingerprint density at radius 3 is 2.47 bits per heavy atom. The molecule has 0 fully saturated rings. The van der Waals surface area contributed by atoms with E-state index in [2.05, 4.69) is 4.74 Å². The predicted molar refractivity (Wildman–Crippen MR) is 62.5 cm³/mol. The number of rotatable bonds is 4. The Bertz CT molecular complexity index is 391. The van der Waals surface area contributed by atoms with E-state index < -0.39 is 18.0 Å². The molecule has 5 heteroatoms. The molecule has 0 spiro atoms. The highest BCUT2D eigenvalue weighted by Gasteiger charge is 2.28. The number of para-hydroxylation sites is 1. The standard InChI is InChI=1S/C12H15NO4/c1-3-17-12(16)10(14)11(15)13(2)9-7-5-4-6-8-9/h4-8,10,14H,3H2,1-2H3. The predicted octanol–water partition coefficient (Wildman–Crippen LogP) is 0.573. The summed E-state index contributed by atoms with van der Waals surface area (Å²) in [7, 11) is 1.49. The van der Waals surface area contributed by atoms with Crippen LogP contribution in [0.3, 0.4) is 0 Å². The molecule has 0 saturated heterocycles. The quantitative estimate of drug-likeness (QED) is 0.614. The average Bonchev–Trinajstić information content (AvgIpc) is 2.37. The van der Waals surface area contributed by atoms with Crippen molar-refractivity contribution in [2.24, 2.45) is 0 Å². The van der Waals surface area contributed by atoms with Gasteiger partial charge in [-0.2, -0.15) is 0 Å². The minimum absolute atomic E-state index is 0.123. The first kappa shape index (κ1) is 13.2. The highest BCUT2D eigenvalue weighted by molar-refractivity contribution is 6.08. The van der Waals surface area contributed by atoms with Crippen molar-refractivity contribution < 1.29 is 19.4 Å². The van der Waals surface area contributed by atoms with Crippen molar-refractivity contribution in [3.63, 3.8) is 0 Å². The summed E-state index contributed by atoms with van der Waals surface area (Å²) in [5, 5.41) is 9.48. The highest BCUT2D eigenvalue weighted by atomic mass is 16.5. The molecule has 1 amide bonds. The lowest BCUT2D eigenvalue weighted by molar-refractivity contribution is -0.157. The Labute approximate surface area is 99.6 Å². The zero-order valence-electron chi connectivity index (χ0n) is 9.79. The maximum absolute atomic E-state index is 11.7. The van der Waals surface area contributed by atoms with E-state index in [1.165, 1.54) is 11.9 Å². The van der Waals surface area contributed by atoms with Gasteiger partial charge in [0.15, 0.2) is 0 Å². The normalized spacial score (nSPS) is 11.7. The number of carbonyl (C=O) groups is 2. The van der Waals surface area contributed by atoms with E-state index in [4.69, 9.17) is 0 Å². The van der Waals surface area contributed by atoms with Crippen molar-refractivity contribution in [1.29, 1.82) is 0 Å². The molecular formula is C12H15NO4. The van der Waals surface area contributed by atoms with E-state index in [9.17, 15) is 14.7 Å². The van der Waals surface area contributed by atoms with Gasteiger partial charge >= 0.3 is 5.97 Å². The van der Waals surface area contributed by atoms with Crippen LogP contribution in [0.1, 0.15) is 6.92 Å². The first-order valence-electron chi connectivity index (χ1n) is 5.25. The lowest BCUT2D eigenvalue weighted by atomic mass is 10.2. The molecule has 1 aromatic carbocycles. The zero-order valence-corrected chi connectivity index (χ0v) is 9.79. The molecule has 0 heterocycles. The van der Waals surface area contributed by atoms with Crippen molar-refractivity contribution >= 4 is 17.6 Å². The summed E-state index contributed by atoms with van der Waals surface area (Å²) >= 11 is 0. The summed E-state index contributed by atoms with van der Waals surface area (Å²) in [6.45, 7) is 1.73. The Kier molecular flexibility index (Phi) is 4.66. The smallest absolute Gasteiger partial charge is 0.344 e. The summed E-state index contributed by atoms with van der Waals surface area (Å²) in [4.78, 5) is 24.1. The number of nitrogens with zero attached hydrogens (tertiary/aromatic N) is 1. The highest BCUT2D eigenvalue weighted by Crippen LogP contribution is 2.12. The number of aliphatic hydroxyl groups is 1. The van der Waals surface area contributed by atoms with Gasteiger partial charge in [-0.3, -0.25) is 4.79 Å². The van der Waals surface area contributed by atoms with Crippen LogP contribution < -0.4 is 4.90 Å². The zero-order chi connectivity index (χ0) is 12.8. The van der Waals surface area contributed by atoms with Crippen molar-refractivity contribution in [2.75, 3.05) is 18.6 Å². The molecular weight excluding hydrogens is 222 g/mol. The van der Waals surface area contributed by atoms with E-state index in [1.807, 2.05) is 6.07 Å². The van der Waals surface area contributed by atoms with E-state index in [-0.39, 0.29) is 6.61 Å². The van der Waals surface area contributed by atoms with Gasteiger partial charge < -0.3 is 14.7 Å². The lowest BCUT2D eigenvalue weighted by Gasteiger charge is -2.19. The van der Waals surface area contributed by atoms with Gasteiger partial charge in [-0.15, -0.1) is 0 Å². The van der Waals surface area contributed by atoms with E-state index in [0.717, 1.165) is 0 Å². The van der Waals surface area contributed by atoms with Crippen LogP contribution in [0.4, 0.5) is 5.69 Å². The molecule has 17 heavy (non-hydrogen) atoms. The number of anilines is 1. The number of carbonyl (C=O) groups excluding carboxylic acids is 2. The Morgan fingerprint density at radius 1 is 1.35 bits per heavy atom. The summed E-state index contributed by atoms with van der Waals surface area (Å²) in [6, 6.07) is 8.74. The third-order valence-corrected chi connectivity index (χ3v) is 2.22. The lowest BCUT2D eigenvalue weighted by Crippen LogP contribution is -2.42. The van der Waals surface area contributed by atoms with Crippen LogP contribution in [0.15, 0.2) is 30.3 Å². The topological polar surface area (TPSA) is 66.8 Å². The van der Waals surface area contributed by atoms with Crippen molar-refractivity contribution in [1.82, 2.24) is 0 Å². The van der Waals surface area contributed by atoms with Crippen LogP contribution in [0.5, 0.6) is 0 Å².